The van der Waals surface area contributed by atoms with E-state index in [0.29, 0.717) is 0 Å². The third-order valence-corrected chi connectivity index (χ3v) is 0. The van der Waals surface area contributed by atoms with Crippen LogP contribution in [0, 0.1) is 0 Å². The van der Waals surface area contributed by atoms with Gasteiger partial charge in [-0.2, -0.15) is 0 Å². The van der Waals surface area contributed by atoms with Gasteiger partial charge in [0, 0.05) is 0 Å². The van der Waals surface area contributed by atoms with Crippen LogP contribution in [0.5, 0.6) is 0 Å². The first kappa shape index (κ1) is 1450. The van der Waals surface area contributed by atoms with Gasteiger partial charge >= 0.3 is 17.4 Å². The van der Waals surface area contributed by atoms with Crippen LogP contribution in [0.1, 0.15) is 0 Å². The van der Waals surface area contributed by atoms with Gasteiger partial charge in [0.2, 0.25) is 0 Å². The minimum absolute atomic E-state index is 0. The molecule has 60 valence electrons. The Balaban J connectivity index is 0. The SMILES string of the molecule is O.O.O.O.O.O.[Cl-].[Cr+2]. The van der Waals surface area contributed by atoms with Crippen molar-refractivity contribution in [1.82, 2.24) is 0 Å². The van der Waals surface area contributed by atoms with E-state index in [1.807, 2.05) is 0 Å². The molecule has 0 fully saturated rings. The van der Waals surface area contributed by atoms with E-state index in [1.165, 1.54) is 0 Å². The molecule has 0 aliphatic rings. The molecule has 6 nitrogen and oxygen atoms in total. The zero-order chi connectivity index (χ0) is 0. The van der Waals surface area contributed by atoms with E-state index >= 15 is 0 Å². The summed E-state index contributed by atoms with van der Waals surface area (Å²) in [5, 5.41) is 0. The first-order valence-corrected chi connectivity index (χ1v) is 0. The summed E-state index contributed by atoms with van der Waals surface area (Å²) in [6.07, 6.45) is 0. The van der Waals surface area contributed by atoms with Gasteiger partial charge in [0.1, 0.15) is 0 Å². The van der Waals surface area contributed by atoms with Crippen molar-refractivity contribution in [3.8, 4) is 0 Å². The Morgan fingerprint density at radius 2 is 0.375 bits per heavy atom. The normalized spacial score (nSPS) is 0. The fourth-order valence-electron chi connectivity index (χ4n) is 0. The molecule has 0 aromatic heterocycles. The van der Waals surface area contributed by atoms with Gasteiger partial charge in [-0.15, -0.1) is 0 Å². The van der Waals surface area contributed by atoms with Crippen molar-refractivity contribution in [1.29, 1.82) is 0 Å². The molecule has 0 amide bonds. The van der Waals surface area contributed by atoms with Gasteiger partial charge in [-0.1, -0.05) is 0 Å². The van der Waals surface area contributed by atoms with Crippen molar-refractivity contribution in [3.05, 3.63) is 0 Å². The van der Waals surface area contributed by atoms with Crippen LogP contribution in [-0.2, 0) is 17.4 Å². The summed E-state index contributed by atoms with van der Waals surface area (Å²) >= 11 is 0. The first-order chi connectivity index (χ1) is 0. The fourth-order valence-corrected chi connectivity index (χ4v) is 0. The predicted octanol–water partition coefficient (Wildman–Crippen LogP) is -7.95. The molecule has 0 spiro atoms. The van der Waals surface area contributed by atoms with Crippen LogP contribution in [0.3, 0.4) is 0 Å². The van der Waals surface area contributed by atoms with Crippen LogP contribution in [0.15, 0.2) is 0 Å². The zero-order valence-electron chi connectivity index (χ0n) is 3.79. The van der Waals surface area contributed by atoms with Crippen molar-refractivity contribution in [2.24, 2.45) is 0 Å². The molecule has 8 heavy (non-hydrogen) atoms. The smallest absolute Gasteiger partial charge is 1.00 e. The van der Waals surface area contributed by atoms with E-state index in [-0.39, 0.29) is 62.6 Å². The second-order valence-corrected chi connectivity index (χ2v) is 0. The summed E-state index contributed by atoms with van der Waals surface area (Å²) in [7, 11) is 0. The molecule has 8 heteroatoms. The number of hydrogen-bond acceptors (Lipinski definition) is 0. The van der Waals surface area contributed by atoms with Crippen molar-refractivity contribution < 1.29 is 62.6 Å². The topological polar surface area (TPSA) is 189 Å². The minimum Gasteiger partial charge on any atom is -1.00 e. The van der Waals surface area contributed by atoms with Crippen LogP contribution in [0.25, 0.3) is 0 Å². The molecule has 0 heterocycles. The molecule has 0 unspecified atom stereocenters. The van der Waals surface area contributed by atoms with Gasteiger partial charge in [-0.05, 0) is 0 Å². The second kappa shape index (κ2) is 968. The Bertz CT molecular complexity index is 8.49. The monoisotopic (exact) mass is 195 g/mol. The number of rotatable bonds is 0. The van der Waals surface area contributed by atoms with Gasteiger partial charge in [0.05, 0.1) is 0 Å². The molecule has 0 aliphatic carbocycles. The molecule has 0 radical (unpaired) electrons. The van der Waals surface area contributed by atoms with E-state index in [0.717, 1.165) is 0 Å². The van der Waals surface area contributed by atoms with Crippen LogP contribution in [-0.4, -0.2) is 32.9 Å². The summed E-state index contributed by atoms with van der Waals surface area (Å²) in [5.41, 5.74) is 0. The summed E-state index contributed by atoms with van der Waals surface area (Å²) < 4.78 is 0. The van der Waals surface area contributed by atoms with Crippen molar-refractivity contribution in [2.75, 3.05) is 0 Å². The first-order valence-electron chi connectivity index (χ1n) is 0. The van der Waals surface area contributed by atoms with Gasteiger partial charge in [0.15, 0.2) is 0 Å². The third-order valence-electron chi connectivity index (χ3n) is 0. The molecule has 0 saturated heterocycles. The molecule has 12 N–H and O–H groups in total. The predicted molar refractivity (Wildman–Crippen MR) is 21.7 cm³/mol. The Hall–Kier alpha value is 0.582. The van der Waals surface area contributed by atoms with E-state index in [2.05, 4.69) is 0 Å². The molecular weight excluding hydrogens is 183 g/mol. The Morgan fingerprint density at radius 3 is 0.375 bits per heavy atom. The van der Waals surface area contributed by atoms with E-state index in [4.69, 9.17) is 0 Å². The van der Waals surface area contributed by atoms with Crippen LogP contribution < -0.4 is 12.4 Å². The maximum Gasteiger partial charge on any atom is 2.00 e. The number of hydrogen-bond donors (Lipinski definition) is 0. The zero-order valence-corrected chi connectivity index (χ0v) is 5.82. The number of halogens is 1. The maximum absolute atomic E-state index is 0. The third kappa shape index (κ3) is 605. The van der Waals surface area contributed by atoms with Gasteiger partial charge < -0.3 is 45.3 Å². The van der Waals surface area contributed by atoms with E-state index < -0.39 is 0 Å². The Morgan fingerprint density at radius 1 is 0.375 bits per heavy atom. The molecule has 0 aliphatic heterocycles. The van der Waals surface area contributed by atoms with E-state index in [9.17, 15) is 0 Å². The van der Waals surface area contributed by atoms with Gasteiger partial charge in [-0.25, -0.2) is 0 Å². The van der Waals surface area contributed by atoms with Gasteiger partial charge in [-0.3, -0.25) is 0 Å². The Labute approximate surface area is 63.3 Å². The van der Waals surface area contributed by atoms with Crippen molar-refractivity contribution in [2.45, 2.75) is 0 Å². The largest absolute Gasteiger partial charge is 2.00 e. The van der Waals surface area contributed by atoms with Gasteiger partial charge in [0.25, 0.3) is 0 Å². The molecule has 0 aromatic carbocycles. The molecular formula is H12ClCrO6+. The molecule has 0 atom stereocenters. The summed E-state index contributed by atoms with van der Waals surface area (Å²) in [6.45, 7) is 0. The molecule has 0 aromatic rings. The molecule has 0 bridgehead atoms. The Kier molecular flexibility index (Phi) is 176000. The average Bonchev–Trinajstić information content (AvgIpc) is 0. The summed E-state index contributed by atoms with van der Waals surface area (Å²) in [6, 6.07) is 0. The minimum atomic E-state index is 0. The van der Waals surface area contributed by atoms with Crippen LogP contribution in [0.2, 0.25) is 0 Å². The summed E-state index contributed by atoms with van der Waals surface area (Å²) in [5.74, 6) is 0. The summed E-state index contributed by atoms with van der Waals surface area (Å²) in [4.78, 5) is 0. The molecule has 0 rings (SSSR count). The van der Waals surface area contributed by atoms with Crippen molar-refractivity contribution in [3.63, 3.8) is 0 Å². The molecule has 0 saturated carbocycles. The maximum atomic E-state index is 0. The quantitative estimate of drug-likeness (QED) is 0.355. The van der Waals surface area contributed by atoms with Crippen LogP contribution >= 0.6 is 0 Å². The average molecular weight is 196 g/mol. The van der Waals surface area contributed by atoms with E-state index in [1.54, 1.807) is 0 Å². The van der Waals surface area contributed by atoms with Crippen molar-refractivity contribution >= 4 is 0 Å². The van der Waals surface area contributed by atoms with Crippen LogP contribution in [0.4, 0.5) is 0 Å². The standard InChI is InChI=1S/ClH.Cr.6H2O/h1H;;6*1H2/q;+2;;;;;;/p-1. The fraction of sp³-hybridized carbons (Fsp3) is 0. The second-order valence-electron chi connectivity index (χ2n) is 0.